The molecule has 4 rings (SSSR count). The summed E-state index contributed by atoms with van der Waals surface area (Å²) in [6.07, 6.45) is 3.14. The standard InChI is InChI=1S/C19H13Cl2N5O2/c20-13-7-8-14(21)15(11-13)26-19(28)16(25-10-4-9-22-25)17(24-26)23-18(27)12-5-2-1-3-6-12/h1-11,24H,(H,23,27). The third-order valence-corrected chi connectivity index (χ3v) is 4.58. The molecule has 140 valence electrons. The Morgan fingerprint density at radius 1 is 1.07 bits per heavy atom. The monoisotopic (exact) mass is 413 g/mol. The predicted octanol–water partition coefficient (Wildman–Crippen LogP) is 3.91. The molecule has 0 fully saturated rings. The second kappa shape index (κ2) is 7.38. The van der Waals surface area contributed by atoms with Crippen molar-refractivity contribution >= 4 is 34.9 Å². The van der Waals surface area contributed by atoms with Crippen LogP contribution in [0.4, 0.5) is 5.82 Å². The highest BCUT2D eigenvalue weighted by Crippen LogP contribution is 2.25. The molecule has 0 aliphatic carbocycles. The second-order valence-electron chi connectivity index (χ2n) is 5.84. The lowest BCUT2D eigenvalue weighted by Gasteiger charge is -2.06. The highest BCUT2D eigenvalue weighted by Gasteiger charge is 2.21. The van der Waals surface area contributed by atoms with E-state index in [-0.39, 0.29) is 17.4 Å². The Kier molecular flexibility index (Phi) is 4.77. The summed E-state index contributed by atoms with van der Waals surface area (Å²) in [4.78, 5) is 25.7. The minimum Gasteiger partial charge on any atom is -0.305 e. The Morgan fingerprint density at radius 2 is 1.86 bits per heavy atom. The van der Waals surface area contributed by atoms with E-state index < -0.39 is 5.56 Å². The highest BCUT2D eigenvalue weighted by molar-refractivity contribution is 6.34. The molecule has 2 aromatic carbocycles. The van der Waals surface area contributed by atoms with Crippen LogP contribution >= 0.6 is 23.2 Å². The summed E-state index contributed by atoms with van der Waals surface area (Å²) in [6.45, 7) is 0. The Labute approximate surface area is 169 Å². The zero-order chi connectivity index (χ0) is 19.7. The van der Waals surface area contributed by atoms with Gasteiger partial charge in [0.05, 0.1) is 10.7 Å². The smallest absolute Gasteiger partial charge is 0.299 e. The van der Waals surface area contributed by atoms with Crippen LogP contribution in [0.3, 0.4) is 0 Å². The summed E-state index contributed by atoms with van der Waals surface area (Å²) in [6, 6.07) is 15.1. The number of hydrogen-bond acceptors (Lipinski definition) is 3. The van der Waals surface area contributed by atoms with E-state index in [2.05, 4.69) is 15.5 Å². The average Bonchev–Trinajstić information content (AvgIpc) is 3.32. The van der Waals surface area contributed by atoms with E-state index in [9.17, 15) is 9.59 Å². The van der Waals surface area contributed by atoms with Crippen molar-refractivity contribution in [2.75, 3.05) is 5.32 Å². The van der Waals surface area contributed by atoms with Gasteiger partial charge in [0, 0.05) is 23.0 Å². The van der Waals surface area contributed by atoms with Gasteiger partial charge < -0.3 is 5.32 Å². The third kappa shape index (κ3) is 3.33. The SMILES string of the molecule is O=C(Nc1[nH]n(-c2cc(Cl)ccc2Cl)c(=O)c1-n1cccn1)c1ccccc1. The number of benzene rings is 2. The van der Waals surface area contributed by atoms with Gasteiger partial charge in [-0.2, -0.15) is 5.10 Å². The summed E-state index contributed by atoms with van der Waals surface area (Å²) >= 11 is 12.3. The van der Waals surface area contributed by atoms with Gasteiger partial charge in [0.2, 0.25) is 0 Å². The van der Waals surface area contributed by atoms with Crippen LogP contribution in [0.15, 0.2) is 71.8 Å². The summed E-state index contributed by atoms with van der Waals surface area (Å²) in [5, 5.41) is 10.5. The van der Waals surface area contributed by atoms with Crippen molar-refractivity contribution in [3.63, 3.8) is 0 Å². The van der Waals surface area contributed by atoms with Gasteiger partial charge in [-0.15, -0.1) is 0 Å². The molecule has 1 amide bonds. The number of nitrogens with zero attached hydrogens (tertiary/aromatic N) is 3. The van der Waals surface area contributed by atoms with Crippen LogP contribution in [0, 0.1) is 0 Å². The Hall–Kier alpha value is -3.29. The number of aromatic amines is 1. The first-order chi connectivity index (χ1) is 13.5. The number of aromatic nitrogens is 4. The van der Waals surface area contributed by atoms with Crippen molar-refractivity contribution < 1.29 is 4.79 Å². The van der Waals surface area contributed by atoms with Crippen molar-refractivity contribution in [1.82, 2.24) is 19.6 Å². The summed E-state index contributed by atoms with van der Waals surface area (Å²) in [5.74, 6) is -0.196. The van der Waals surface area contributed by atoms with Gasteiger partial charge >= 0.3 is 0 Å². The van der Waals surface area contributed by atoms with Crippen LogP contribution < -0.4 is 10.9 Å². The number of carbonyl (C=O) groups is 1. The van der Waals surface area contributed by atoms with Gasteiger partial charge in [0.1, 0.15) is 0 Å². The van der Waals surface area contributed by atoms with E-state index in [1.807, 2.05) is 6.07 Å². The molecule has 0 aliphatic rings. The first-order valence-electron chi connectivity index (χ1n) is 8.21. The van der Waals surface area contributed by atoms with Gasteiger partial charge in [0.25, 0.3) is 11.5 Å². The van der Waals surface area contributed by atoms with Crippen LogP contribution in [-0.4, -0.2) is 25.5 Å². The fourth-order valence-electron chi connectivity index (χ4n) is 2.73. The number of nitrogens with one attached hydrogen (secondary N) is 2. The lowest BCUT2D eigenvalue weighted by atomic mass is 10.2. The molecule has 2 heterocycles. The first kappa shape index (κ1) is 18.1. The van der Waals surface area contributed by atoms with E-state index in [0.717, 1.165) is 0 Å². The quantitative estimate of drug-likeness (QED) is 0.531. The minimum absolute atomic E-state index is 0.144. The molecule has 0 bridgehead atoms. The number of carbonyl (C=O) groups excluding carboxylic acids is 1. The molecule has 0 unspecified atom stereocenters. The van der Waals surface area contributed by atoms with Crippen LogP contribution in [0.5, 0.6) is 0 Å². The average molecular weight is 414 g/mol. The summed E-state index contributed by atoms with van der Waals surface area (Å²) in [5.41, 5.74) is 0.498. The van der Waals surface area contributed by atoms with Crippen LogP contribution in [0.1, 0.15) is 10.4 Å². The van der Waals surface area contributed by atoms with Crippen LogP contribution in [0.25, 0.3) is 11.4 Å². The number of H-pyrrole nitrogens is 1. The normalized spacial score (nSPS) is 10.8. The van der Waals surface area contributed by atoms with Crippen molar-refractivity contribution in [2.24, 2.45) is 0 Å². The zero-order valence-electron chi connectivity index (χ0n) is 14.3. The topological polar surface area (TPSA) is 84.7 Å². The number of amides is 1. The predicted molar refractivity (Wildman–Crippen MR) is 108 cm³/mol. The molecule has 0 spiro atoms. The third-order valence-electron chi connectivity index (χ3n) is 4.02. The zero-order valence-corrected chi connectivity index (χ0v) is 15.8. The second-order valence-corrected chi connectivity index (χ2v) is 6.69. The molecular formula is C19H13Cl2N5O2. The van der Waals surface area contributed by atoms with Gasteiger partial charge in [0.15, 0.2) is 11.5 Å². The molecule has 0 aliphatic heterocycles. The number of halogens is 2. The van der Waals surface area contributed by atoms with Crippen LogP contribution in [-0.2, 0) is 0 Å². The lowest BCUT2D eigenvalue weighted by molar-refractivity contribution is 0.102. The number of hydrogen-bond donors (Lipinski definition) is 2. The molecule has 0 saturated heterocycles. The molecule has 9 heteroatoms. The van der Waals surface area contributed by atoms with E-state index in [1.165, 1.54) is 15.6 Å². The van der Waals surface area contributed by atoms with Crippen molar-refractivity contribution in [2.45, 2.75) is 0 Å². The molecule has 0 saturated carbocycles. The fourth-order valence-corrected chi connectivity index (χ4v) is 3.10. The van der Waals surface area contributed by atoms with E-state index in [0.29, 0.717) is 21.3 Å². The van der Waals surface area contributed by atoms with E-state index >= 15 is 0 Å². The van der Waals surface area contributed by atoms with Gasteiger partial charge in [-0.05, 0) is 36.4 Å². The Morgan fingerprint density at radius 3 is 2.57 bits per heavy atom. The summed E-state index contributed by atoms with van der Waals surface area (Å²) < 4.78 is 2.58. The van der Waals surface area contributed by atoms with Gasteiger partial charge in [-0.3, -0.25) is 14.7 Å². The first-order valence-corrected chi connectivity index (χ1v) is 8.97. The Bertz CT molecular complexity index is 1200. The van der Waals surface area contributed by atoms with E-state index in [4.69, 9.17) is 23.2 Å². The maximum absolute atomic E-state index is 13.1. The lowest BCUT2D eigenvalue weighted by Crippen LogP contribution is -2.19. The van der Waals surface area contributed by atoms with Gasteiger partial charge in [-0.1, -0.05) is 41.4 Å². The molecule has 4 aromatic rings. The molecular weight excluding hydrogens is 401 g/mol. The molecule has 0 atom stereocenters. The van der Waals surface area contributed by atoms with Crippen molar-refractivity contribution in [1.29, 1.82) is 0 Å². The number of anilines is 1. The number of rotatable bonds is 4. The molecule has 28 heavy (non-hydrogen) atoms. The Balaban J connectivity index is 1.85. The maximum atomic E-state index is 13.1. The van der Waals surface area contributed by atoms with Gasteiger partial charge in [-0.25, -0.2) is 9.36 Å². The van der Waals surface area contributed by atoms with Crippen molar-refractivity contribution in [3.05, 3.63) is 93.0 Å². The fraction of sp³-hybridized carbons (Fsp3) is 0. The summed E-state index contributed by atoms with van der Waals surface area (Å²) in [7, 11) is 0. The molecule has 7 nitrogen and oxygen atoms in total. The van der Waals surface area contributed by atoms with Crippen LogP contribution in [0.2, 0.25) is 10.0 Å². The minimum atomic E-state index is -0.448. The van der Waals surface area contributed by atoms with Crippen molar-refractivity contribution in [3.8, 4) is 11.4 Å². The highest BCUT2D eigenvalue weighted by atomic mass is 35.5. The molecule has 2 N–H and O–H groups in total. The molecule has 0 radical (unpaired) electrons. The molecule has 2 aromatic heterocycles. The largest absolute Gasteiger partial charge is 0.305 e. The van der Waals surface area contributed by atoms with E-state index in [1.54, 1.807) is 54.7 Å². The maximum Gasteiger partial charge on any atom is 0.299 e.